The Bertz CT molecular complexity index is 906. The van der Waals surface area contributed by atoms with Crippen LogP contribution in [0, 0.1) is 11.8 Å². The number of benzene rings is 1. The molecule has 5 heteroatoms. The highest BCUT2D eigenvalue weighted by molar-refractivity contribution is 6.08. The Morgan fingerprint density at radius 2 is 2.23 bits per heavy atom. The van der Waals surface area contributed by atoms with Gasteiger partial charge in [0, 0.05) is 18.9 Å². The molecule has 1 spiro atoms. The number of ether oxygens (including phenoxy) is 1. The summed E-state index contributed by atoms with van der Waals surface area (Å²) in [7, 11) is 0. The number of fused-ring (bicyclic) bond motifs is 2. The van der Waals surface area contributed by atoms with Crippen LogP contribution in [0.3, 0.4) is 0 Å². The van der Waals surface area contributed by atoms with Crippen molar-refractivity contribution >= 4 is 17.4 Å². The molecule has 7 rings (SSSR count). The average Bonchev–Trinajstić information content (AvgIpc) is 3.08. The quantitative estimate of drug-likeness (QED) is 0.624. The van der Waals surface area contributed by atoms with Crippen molar-refractivity contribution in [3.8, 4) is 0 Å². The van der Waals surface area contributed by atoms with E-state index in [9.17, 15) is 9.90 Å². The number of aliphatic imine (C=N–C) groups is 1. The lowest BCUT2D eigenvalue weighted by molar-refractivity contribution is -0.156. The molecular weight excluding hydrogens is 328 g/mol. The summed E-state index contributed by atoms with van der Waals surface area (Å²) in [6, 6.07) is 8.67. The third-order valence-corrected chi connectivity index (χ3v) is 7.53. The van der Waals surface area contributed by atoms with E-state index in [1.807, 2.05) is 13.0 Å². The lowest BCUT2D eigenvalue weighted by Crippen LogP contribution is -2.68. The molecule has 26 heavy (non-hydrogen) atoms. The van der Waals surface area contributed by atoms with Gasteiger partial charge in [-0.25, -0.2) is 0 Å². The highest BCUT2D eigenvalue weighted by Gasteiger charge is 2.74. The molecule has 4 saturated heterocycles. The van der Waals surface area contributed by atoms with Gasteiger partial charge in [-0.3, -0.25) is 14.7 Å². The number of nitrogens with zero attached hydrogens (tertiary/aromatic N) is 2. The van der Waals surface area contributed by atoms with Gasteiger partial charge in [-0.05, 0) is 42.9 Å². The third kappa shape index (κ3) is 1.45. The van der Waals surface area contributed by atoms with E-state index in [1.54, 1.807) is 0 Å². The summed E-state index contributed by atoms with van der Waals surface area (Å²) in [4.78, 5) is 19.3. The van der Waals surface area contributed by atoms with Gasteiger partial charge < -0.3 is 9.84 Å². The van der Waals surface area contributed by atoms with E-state index in [0.29, 0.717) is 0 Å². The molecule has 1 aromatic rings. The maximum atomic E-state index is 12.0. The van der Waals surface area contributed by atoms with E-state index >= 15 is 0 Å². The number of carbonyl (C=O) groups is 1. The molecule has 134 valence electrons. The SMILES string of the molecule is C/C=C1/[C@@H](O)N2[C@H]3C[C@@H]1[C@@H]1[C@@H](OC(C)=O)[C@@]4(C[C@@H]12)C3=Nc1ccccc14. The minimum Gasteiger partial charge on any atom is -0.461 e. The van der Waals surface area contributed by atoms with Crippen molar-refractivity contribution in [2.24, 2.45) is 16.8 Å². The lowest BCUT2D eigenvalue weighted by atomic mass is 9.66. The number of allylic oxidation sites excluding steroid dienone is 1. The zero-order valence-electron chi connectivity index (χ0n) is 14.9. The number of carbonyl (C=O) groups excluding carboxylic acids is 1. The largest absolute Gasteiger partial charge is 0.461 e. The molecule has 0 radical (unpaired) electrons. The van der Waals surface area contributed by atoms with Crippen LogP contribution < -0.4 is 0 Å². The predicted molar refractivity (Wildman–Crippen MR) is 96.2 cm³/mol. The molecule has 0 amide bonds. The third-order valence-electron chi connectivity index (χ3n) is 7.53. The van der Waals surface area contributed by atoms with Crippen molar-refractivity contribution in [3.05, 3.63) is 41.5 Å². The number of rotatable bonds is 1. The monoisotopic (exact) mass is 350 g/mol. The first kappa shape index (κ1) is 15.1. The van der Waals surface area contributed by atoms with Gasteiger partial charge in [-0.1, -0.05) is 24.3 Å². The van der Waals surface area contributed by atoms with Gasteiger partial charge in [0.2, 0.25) is 0 Å². The van der Waals surface area contributed by atoms with Gasteiger partial charge >= 0.3 is 5.97 Å². The first-order valence-corrected chi connectivity index (χ1v) is 9.55. The van der Waals surface area contributed by atoms with Gasteiger partial charge in [-0.2, -0.15) is 0 Å². The normalized spacial score (nSPS) is 47.7. The molecule has 0 aromatic heterocycles. The standard InChI is InChI=1S/C21H22N2O3/c1-3-11-12-8-15-18-21(13-6-4-5-7-14(13)22-18)9-16(23(15)20(11)25)17(12)19(21)26-10(2)24/h3-7,12,15-17,19-20,25H,8-9H2,1-2H3/b11-3+/t12-,15-,16-,17-,19+,20+,21+/m0/s1. The van der Waals surface area contributed by atoms with E-state index < -0.39 is 6.23 Å². The van der Waals surface area contributed by atoms with Crippen molar-refractivity contribution in [3.63, 3.8) is 0 Å². The van der Waals surface area contributed by atoms with Crippen LogP contribution in [-0.4, -0.2) is 46.1 Å². The summed E-state index contributed by atoms with van der Waals surface area (Å²) >= 11 is 0. The summed E-state index contributed by atoms with van der Waals surface area (Å²) in [5, 5.41) is 11.0. The lowest BCUT2D eigenvalue weighted by Gasteiger charge is -2.58. The zero-order valence-corrected chi connectivity index (χ0v) is 14.9. The van der Waals surface area contributed by atoms with E-state index in [4.69, 9.17) is 9.73 Å². The molecule has 5 heterocycles. The average molecular weight is 350 g/mol. The molecule has 5 fully saturated rings. The number of hydrogen-bond donors (Lipinski definition) is 1. The maximum Gasteiger partial charge on any atom is 0.302 e. The van der Waals surface area contributed by atoms with E-state index in [-0.39, 0.29) is 41.4 Å². The molecule has 6 aliphatic rings. The van der Waals surface area contributed by atoms with Gasteiger partial charge in [0.1, 0.15) is 12.3 Å². The number of hydrogen-bond acceptors (Lipinski definition) is 5. The Balaban J connectivity index is 1.62. The predicted octanol–water partition coefficient (Wildman–Crippen LogP) is 2.31. The van der Waals surface area contributed by atoms with Gasteiger partial charge in [0.05, 0.1) is 22.9 Å². The first-order valence-electron chi connectivity index (χ1n) is 9.55. The van der Waals surface area contributed by atoms with Crippen molar-refractivity contribution in [2.75, 3.05) is 0 Å². The van der Waals surface area contributed by atoms with E-state index in [0.717, 1.165) is 29.8 Å². The second-order valence-corrected chi connectivity index (χ2v) is 8.33. The van der Waals surface area contributed by atoms with Crippen LogP contribution in [0.5, 0.6) is 0 Å². The smallest absolute Gasteiger partial charge is 0.302 e. The molecule has 1 saturated carbocycles. The molecular formula is C21H22N2O3. The number of piperidine rings is 4. The zero-order chi connectivity index (χ0) is 17.8. The fourth-order valence-electron chi connectivity index (χ4n) is 6.90. The topological polar surface area (TPSA) is 62.1 Å². The number of aliphatic hydroxyl groups excluding tert-OH is 1. The Kier molecular flexibility index (Phi) is 2.70. The number of aliphatic hydroxyl groups is 1. The summed E-state index contributed by atoms with van der Waals surface area (Å²) in [5.41, 5.74) is 4.10. The van der Waals surface area contributed by atoms with Gasteiger partial charge in [-0.15, -0.1) is 0 Å². The minimum absolute atomic E-state index is 0.140. The summed E-state index contributed by atoms with van der Waals surface area (Å²) in [6.45, 7) is 3.51. The first-order chi connectivity index (χ1) is 12.6. The van der Waals surface area contributed by atoms with Crippen molar-refractivity contribution in [2.45, 2.75) is 56.5 Å². The van der Waals surface area contributed by atoms with Crippen LogP contribution in [0.15, 0.2) is 40.9 Å². The highest BCUT2D eigenvalue weighted by atomic mass is 16.5. The van der Waals surface area contributed by atoms with E-state index in [1.165, 1.54) is 12.5 Å². The minimum atomic E-state index is -0.537. The Hall–Kier alpha value is -1.98. The fraction of sp³-hybridized carbons (Fsp3) is 0.524. The van der Waals surface area contributed by atoms with Crippen LogP contribution >= 0.6 is 0 Å². The second-order valence-electron chi connectivity index (χ2n) is 8.33. The van der Waals surface area contributed by atoms with Crippen molar-refractivity contribution in [1.82, 2.24) is 4.90 Å². The number of para-hydroxylation sites is 1. The summed E-state index contributed by atoms with van der Waals surface area (Å²) < 4.78 is 6.04. The second kappa shape index (κ2) is 4.65. The summed E-state index contributed by atoms with van der Waals surface area (Å²) in [5.74, 6) is 0.264. The van der Waals surface area contributed by atoms with Crippen LogP contribution in [-0.2, 0) is 14.9 Å². The molecule has 8 atom stereocenters. The molecule has 5 nitrogen and oxygen atoms in total. The molecule has 5 bridgehead atoms. The molecule has 5 aliphatic heterocycles. The Morgan fingerprint density at radius 3 is 3.00 bits per heavy atom. The van der Waals surface area contributed by atoms with Crippen molar-refractivity contribution < 1.29 is 14.6 Å². The molecule has 1 aliphatic carbocycles. The van der Waals surface area contributed by atoms with E-state index in [2.05, 4.69) is 29.2 Å². The summed E-state index contributed by atoms with van der Waals surface area (Å²) in [6.07, 6.45) is 3.17. The van der Waals surface area contributed by atoms with Crippen molar-refractivity contribution in [1.29, 1.82) is 0 Å². The number of esters is 1. The highest BCUT2D eigenvalue weighted by Crippen LogP contribution is 2.67. The van der Waals surface area contributed by atoms with Gasteiger partial charge in [0.25, 0.3) is 0 Å². The Labute approximate surface area is 152 Å². The van der Waals surface area contributed by atoms with Crippen LogP contribution in [0.25, 0.3) is 0 Å². The maximum absolute atomic E-state index is 12.0. The molecule has 1 N–H and O–H groups in total. The Morgan fingerprint density at radius 1 is 1.42 bits per heavy atom. The fourth-order valence-corrected chi connectivity index (χ4v) is 6.90. The van der Waals surface area contributed by atoms with Crippen LogP contribution in [0.2, 0.25) is 0 Å². The van der Waals surface area contributed by atoms with Crippen LogP contribution in [0.4, 0.5) is 5.69 Å². The molecule has 1 unspecified atom stereocenters. The van der Waals surface area contributed by atoms with Gasteiger partial charge in [0.15, 0.2) is 0 Å². The van der Waals surface area contributed by atoms with Crippen LogP contribution in [0.1, 0.15) is 32.3 Å². The molecule has 1 aromatic carbocycles.